The van der Waals surface area contributed by atoms with Crippen LogP contribution in [0, 0.1) is 0 Å². The van der Waals surface area contributed by atoms with Crippen LogP contribution in [0.4, 0.5) is 4.79 Å². The van der Waals surface area contributed by atoms with Crippen LogP contribution in [-0.4, -0.2) is 30.7 Å². The van der Waals surface area contributed by atoms with Gasteiger partial charge in [-0.05, 0) is 40.5 Å². The van der Waals surface area contributed by atoms with Crippen LogP contribution >= 0.6 is 0 Å². The summed E-state index contributed by atoms with van der Waals surface area (Å²) in [5, 5.41) is 5.43. The van der Waals surface area contributed by atoms with Crippen molar-refractivity contribution in [2.45, 2.75) is 53.1 Å². The Morgan fingerprint density at radius 3 is 2.26 bits per heavy atom. The summed E-state index contributed by atoms with van der Waals surface area (Å²) < 4.78 is 5.09. The lowest BCUT2D eigenvalue weighted by Gasteiger charge is -2.19. The summed E-state index contributed by atoms with van der Waals surface area (Å²) in [6.07, 6.45) is 2.97. The highest BCUT2D eigenvalue weighted by molar-refractivity contribution is 5.92. The van der Waals surface area contributed by atoms with E-state index in [2.05, 4.69) is 10.6 Å². The molecular formula is C14H26N2O3. The molecule has 0 aromatic rings. The summed E-state index contributed by atoms with van der Waals surface area (Å²) in [4.78, 5) is 22.8. The van der Waals surface area contributed by atoms with Crippen molar-refractivity contribution in [3.8, 4) is 0 Å². The molecule has 0 aliphatic carbocycles. The molecule has 0 aromatic carbocycles. The minimum Gasteiger partial charge on any atom is -0.444 e. The van der Waals surface area contributed by atoms with Gasteiger partial charge in [0.1, 0.15) is 5.60 Å². The Hall–Kier alpha value is -1.52. The fourth-order valence-corrected chi connectivity index (χ4v) is 1.33. The normalized spacial score (nSPS) is 11.9. The minimum atomic E-state index is -0.486. The summed E-state index contributed by atoms with van der Waals surface area (Å²) in [6, 6.07) is 0. The first-order chi connectivity index (χ1) is 8.76. The Morgan fingerprint density at radius 1 is 1.16 bits per heavy atom. The first kappa shape index (κ1) is 17.5. The van der Waals surface area contributed by atoms with Crippen LogP contribution in [0.3, 0.4) is 0 Å². The van der Waals surface area contributed by atoms with E-state index in [-0.39, 0.29) is 5.91 Å². The van der Waals surface area contributed by atoms with Gasteiger partial charge in [0.2, 0.25) is 5.91 Å². The van der Waals surface area contributed by atoms with Crippen molar-refractivity contribution in [2.75, 3.05) is 13.1 Å². The van der Waals surface area contributed by atoms with Gasteiger partial charge in [0.05, 0.1) is 0 Å². The molecular weight excluding hydrogens is 244 g/mol. The van der Waals surface area contributed by atoms with Gasteiger partial charge >= 0.3 is 6.09 Å². The molecule has 5 nitrogen and oxygen atoms in total. The van der Waals surface area contributed by atoms with Gasteiger partial charge in [0.15, 0.2) is 0 Å². The lowest BCUT2D eigenvalue weighted by Crippen LogP contribution is -2.34. The van der Waals surface area contributed by atoms with E-state index in [0.29, 0.717) is 19.5 Å². The fraction of sp³-hybridized carbons (Fsp3) is 0.714. The van der Waals surface area contributed by atoms with Gasteiger partial charge in [0.25, 0.3) is 0 Å². The number of amides is 2. The number of hydrogen-bond donors (Lipinski definition) is 2. The van der Waals surface area contributed by atoms with Crippen molar-refractivity contribution in [3.05, 3.63) is 11.6 Å². The van der Waals surface area contributed by atoms with E-state index in [1.807, 2.05) is 33.8 Å². The first-order valence-electron chi connectivity index (χ1n) is 6.68. The van der Waals surface area contributed by atoms with Crippen molar-refractivity contribution in [2.24, 2.45) is 0 Å². The second-order valence-electron chi connectivity index (χ2n) is 5.33. The van der Waals surface area contributed by atoms with Gasteiger partial charge in [-0.15, -0.1) is 0 Å². The molecule has 0 aliphatic heterocycles. The van der Waals surface area contributed by atoms with Gasteiger partial charge in [0, 0.05) is 18.7 Å². The van der Waals surface area contributed by atoms with Crippen molar-refractivity contribution in [1.29, 1.82) is 0 Å². The van der Waals surface area contributed by atoms with Crippen LogP contribution < -0.4 is 10.6 Å². The molecule has 0 heterocycles. The molecule has 2 amide bonds. The third-order valence-corrected chi connectivity index (χ3v) is 2.18. The fourth-order valence-electron chi connectivity index (χ4n) is 1.33. The van der Waals surface area contributed by atoms with E-state index in [1.165, 1.54) is 0 Å². The Balaban J connectivity index is 3.69. The molecule has 5 heteroatoms. The van der Waals surface area contributed by atoms with Gasteiger partial charge in [-0.2, -0.15) is 0 Å². The van der Waals surface area contributed by atoms with E-state index in [4.69, 9.17) is 4.74 Å². The minimum absolute atomic E-state index is 0.0564. The van der Waals surface area contributed by atoms with E-state index >= 15 is 0 Å². The van der Waals surface area contributed by atoms with Crippen molar-refractivity contribution >= 4 is 12.0 Å². The molecule has 0 aromatic heterocycles. The van der Waals surface area contributed by atoms with E-state index in [9.17, 15) is 9.59 Å². The first-order valence-corrected chi connectivity index (χ1v) is 6.68. The molecule has 0 saturated carbocycles. The number of nitrogens with one attached hydrogen (secondary N) is 2. The Morgan fingerprint density at radius 2 is 1.74 bits per heavy atom. The average Bonchev–Trinajstić information content (AvgIpc) is 2.26. The smallest absolute Gasteiger partial charge is 0.407 e. The predicted molar refractivity (Wildman–Crippen MR) is 75.9 cm³/mol. The van der Waals surface area contributed by atoms with E-state index in [0.717, 1.165) is 12.0 Å². The topological polar surface area (TPSA) is 67.4 Å². The molecule has 110 valence electrons. The molecule has 0 atom stereocenters. The molecule has 0 radical (unpaired) electrons. The SMILES string of the molecule is CC/C=C(/C)C(=O)NCCCNC(=O)OC(C)(C)C. The summed E-state index contributed by atoms with van der Waals surface area (Å²) >= 11 is 0. The number of allylic oxidation sites excluding steroid dienone is 1. The average molecular weight is 270 g/mol. The van der Waals surface area contributed by atoms with Gasteiger partial charge < -0.3 is 15.4 Å². The van der Waals surface area contributed by atoms with Crippen molar-refractivity contribution in [1.82, 2.24) is 10.6 Å². The zero-order valence-corrected chi connectivity index (χ0v) is 12.6. The number of alkyl carbamates (subject to hydrolysis) is 1. The monoisotopic (exact) mass is 270 g/mol. The Labute approximate surface area is 115 Å². The third-order valence-electron chi connectivity index (χ3n) is 2.18. The highest BCUT2D eigenvalue weighted by Gasteiger charge is 2.15. The van der Waals surface area contributed by atoms with Crippen LogP contribution in [0.1, 0.15) is 47.5 Å². The summed E-state index contributed by atoms with van der Waals surface area (Å²) in [6.45, 7) is 10.2. The van der Waals surface area contributed by atoms with E-state index < -0.39 is 11.7 Å². The second kappa shape index (κ2) is 8.56. The number of carbonyl (C=O) groups is 2. The van der Waals surface area contributed by atoms with Crippen LogP contribution in [-0.2, 0) is 9.53 Å². The lowest BCUT2D eigenvalue weighted by molar-refractivity contribution is -0.117. The predicted octanol–water partition coefficient (Wildman–Crippen LogP) is 2.37. The number of ether oxygens (including phenoxy) is 1. The van der Waals surface area contributed by atoms with Crippen LogP contribution in [0.15, 0.2) is 11.6 Å². The molecule has 0 aliphatic rings. The quantitative estimate of drug-likeness (QED) is 0.575. The standard InChI is InChI=1S/C14H26N2O3/c1-6-8-11(2)12(17)15-9-7-10-16-13(18)19-14(3,4)5/h8H,6-7,9-10H2,1-5H3,(H,15,17)(H,16,18)/b11-8-. The van der Waals surface area contributed by atoms with Gasteiger partial charge in [-0.25, -0.2) is 4.79 Å². The molecule has 0 unspecified atom stereocenters. The summed E-state index contributed by atoms with van der Waals surface area (Å²) in [5.41, 5.74) is 0.239. The third kappa shape index (κ3) is 10.1. The van der Waals surface area contributed by atoms with Crippen LogP contribution in [0.5, 0.6) is 0 Å². The maximum Gasteiger partial charge on any atom is 0.407 e. The lowest BCUT2D eigenvalue weighted by atomic mass is 10.2. The molecule has 0 saturated heterocycles. The van der Waals surface area contributed by atoms with Gasteiger partial charge in [-0.1, -0.05) is 13.0 Å². The molecule has 2 N–H and O–H groups in total. The zero-order valence-electron chi connectivity index (χ0n) is 12.6. The summed E-state index contributed by atoms with van der Waals surface area (Å²) in [5.74, 6) is -0.0564. The highest BCUT2D eigenvalue weighted by atomic mass is 16.6. The van der Waals surface area contributed by atoms with Crippen molar-refractivity contribution < 1.29 is 14.3 Å². The van der Waals surface area contributed by atoms with Crippen LogP contribution in [0.25, 0.3) is 0 Å². The number of rotatable bonds is 6. The largest absolute Gasteiger partial charge is 0.444 e. The summed E-state index contributed by atoms with van der Waals surface area (Å²) in [7, 11) is 0. The molecule has 0 spiro atoms. The maximum atomic E-state index is 11.5. The number of hydrogen-bond acceptors (Lipinski definition) is 3. The highest BCUT2D eigenvalue weighted by Crippen LogP contribution is 2.06. The van der Waals surface area contributed by atoms with Crippen molar-refractivity contribution in [3.63, 3.8) is 0 Å². The second-order valence-corrected chi connectivity index (χ2v) is 5.33. The maximum absolute atomic E-state index is 11.5. The van der Waals surface area contributed by atoms with E-state index in [1.54, 1.807) is 6.92 Å². The number of carbonyl (C=O) groups excluding carboxylic acids is 2. The molecule has 0 bridgehead atoms. The Kier molecular flexibility index (Phi) is 7.87. The molecule has 0 fully saturated rings. The zero-order chi connectivity index (χ0) is 14.9. The molecule has 0 rings (SSSR count). The van der Waals surface area contributed by atoms with Crippen LogP contribution in [0.2, 0.25) is 0 Å². The Bertz CT molecular complexity index is 330. The molecule has 19 heavy (non-hydrogen) atoms. The van der Waals surface area contributed by atoms with Gasteiger partial charge in [-0.3, -0.25) is 4.79 Å².